The minimum Gasteiger partial charge on any atom is -0.491 e. The van der Waals surface area contributed by atoms with Gasteiger partial charge in [-0.1, -0.05) is 32.9 Å². The Bertz CT molecular complexity index is 458. The molecule has 0 amide bonds. The third kappa shape index (κ3) is 3.73. The zero-order valence-electron chi connectivity index (χ0n) is 12.3. The number of benzene rings is 1. The van der Waals surface area contributed by atoms with E-state index in [1.807, 2.05) is 12.1 Å². The van der Waals surface area contributed by atoms with Crippen LogP contribution >= 0.6 is 0 Å². The highest BCUT2D eigenvalue weighted by Gasteiger charge is 2.30. The maximum absolute atomic E-state index is 10.8. The molecular formula is C16H22O4. The van der Waals surface area contributed by atoms with Gasteiger partial charge in [-0.2, -0.15) is 0 Å². The van der Waals surface area contributed by atoms with E-state index in [-0.39, 0.29) is 11.5 Å². The number of aliphatic carboxylic acids is 1. The average Bonchev–Trinajstić information content (AvgIpc) is 2.85. The Morgan fingerprint density at radius 2 is 1.95 bits per heavy atom. The molecule has 1 N–H and O–H groups in total. The van der Waals surface area contributed by atoms with Crippen molar-refractivity contribution < 1.29 is 19.4 Å². The van der Waals surface area contributed by atoms with E-state index in [1.165, 1.54) is 5.56 Å². The summed E-state index contributed by atoms with van der Waals surface area (Å²) in [5, 5.41) is 8.86. The SMILES string of the molecule is CC(C)(C)c1ccc(OCC2CCC(C(=O)O)O2)cc1. The molecule has 0 radical (unpaired) electrons. The highest BCUT2D eigenvalue weighted by molar-refractivity contribution is 5.72. The van der Waals surface area contributed by atoms with Crippen molar-refractivity contribution in [3.63, 3.8) is 0 Å². The molecule has 1 heterocycles. The van der Waals surface area contributed by atoms with Crippen molar-refractivity contribution in [1.29, 1.82) is 0 Å². The largest absolute Gasteiger partial charge is 0.491 e. The van der Waals surface area contributed by atoms with Gasteiger partial charge in [0.2, 0.25) is 0 Å². The van der Waals surface area contributed by atoms with Crippen molar-refractivity contribution in [1.82, 2.24) is 0 Å². The van der Waals surface area contributed by atoms with Gasteiger partial charge in [0.25, 0.3) is 0 Å². The van der Waals surface area contributed by atoms with Crippen LogP contribution in [-0.2, 0) is 14.9 Å². The highest BCUT2D eigenvalue weighted by Crippen LogP contribution is 2.25. The number of hydrogen-bond acceptors (Lipinski definition) is 3. The maximum Gasteiger partial charge on any atom is 0.332 e. The standard InChI is InChI=1S/C16H22O4/c1-16(2,3)11-4-6-12(7-5-11)19-10-13-8-9-14(20-13)15(17)18/h4-7,13-14H,8-10H2,1-3H3,(H,17,18). The third-order valence-electron chi connectivity index (χ3n) is 3.54. The molecule has 110 valence electrons. The third-order valence-corrected chi connectivity index (χ3v) is 3.54. The topological polar surface area (TPSA) is 55.8 Å². The fourth-order valence-corrected chi connectivity index (χ4v) is 2.25. The van der Waals surface area contributed by atoms with E-state index < -0.39 is 12.1 Å². The van der Waals surface area contributed by atoms with Crippen molar-refractivity contribution in [3.8, 4) is 5.75 Å². The Labute approximate surface area is 119 Å². The Morgan fingerprint density at radius 3 is 2.45 bits per heavy atom. The van der Waals surface area contributed by atoms with Crippen molar-refractivity contribution in [2.45, 2.75) is 51.2 Å². The summed E-state index contributed by atoms with van der Waals surface area (Å²) in [5.41, 5.74) is 1.38. The van der Waals surface area contributed by atoms with Gasteiger partial charge in [0, 0.05) is 0 Å². The van der Waals surface area contributed by atoms with Crippen LogP contribution in [0.1, 0.15) is 39.2 Å². The second kappa shape index (κ2) is 5.83. The molecule has 0 bridgehead atoms. The van der Waals surface area contributed by atoms with Crippen LogP contribution in [0, 0.1) is 0 Å². The number of ether oxygens (including phenoxy) is 2. The molecule has 0 saturated carbocycles. The van der Waals surface area contributed by atoms with Gasteiger partial charge < -0.3 is 14.6 Å². The fraction of sp³-hybridized carbons (Fsp3) is 0.562. The monoisotopic (exact) mass is 278 g/mol. The lowest BCUT2D eigenvalue weighted by molar-refractivity contribution is -0.149. The van der Waals surface area contributed by atoms with Crippen LogP contribution in [0.5, 0.6) is 5.75 Å². The lowest BCUT2D eigenvalue weighted by Gasteiger charge is -2.19. The Kier molecular flexibility index (Phi) is 4.33. The molecule has 1 fully saturated rings. The van der Waals surface area contributed by atoms with Gasteiger partial charge in [-0.05, 0) is 36.0 Å². The summed E-state index contributed by atoms with van der Waals surface area (Å²) >= 11 is 0. The predicted molar refractivity (Wildman–Crippen MR) is 76.2 cm³/mol. The van der Waals surface area contributed by atoms with Crippen LogP contribution in [0.15, 0.2) is 24.3 Å². The van der Waals surface area contributed by atoms with Crippen molar-refractivity contribution in [2.24, 2.45) is 0 Å². The van der Waals surface area contributed by atoms with Gasteiger partial charge in [0.05, 0.1) is 6.10 Å². The summed E-state index contributed by atoms with van der Waals surface area (Å²) in [7, 11) is 0. The van der Waals surface area contributed by atoms with Crippen LogP contribution in [-0.4, -0.2) is 29.9 Å². The normalized spacial score (nSPS) is 22.8. The van der Waals surface area contributed by atoms with E-state index in [2.05, 4.69) is 32.9 Å². The van der Waals surface area contributed by atoms with Gasteiger partial charge in [-0.3, -0.25) is 0 Å². The van der Waals surface area contributed by atoms with Gasteiger partial charge in [0.1, 0.15) is 12.4 Å². The minimum atomic E-state index is -0.887. The van der Waals surface area contributed by atoms with Crippen LogP contribution in [0.3, 0.4) is 0 Å². The average molecular weight is 278 g/mol. The molecular weight excluding hydrogens is 256 g/mol. The molecule has 1 aromatic carbocycles. The molecule has 0 spiro atoms. The first kappa shape index (κ1) is 14.9. The lowest BCUT2D eigenvalue weighted by Crippen LogP contribution is -2.23. The van der Waals surface area contributed by atoms with Gasteiger partial charge in [-0.15, -0.1) is 0 Å². The van der Waals surface area contributed by atoms with Crippen LogP contribution in [0.4, 0.5) is 0 Å². The van der Waals surface area contributed by atoms with Crippen LogP contribution in [0.25, 0.3) is 0 Å². The molecule has 1 saturated heterocycles. The van der Waals surface area contributed by atoms with Crippen LogP contribution in [0.2, 0.25) is 0 Å². The second-order valence-corrected chi connectivity index (χ2v) is 6.25. The van der Waals surface area contributed by atoms with Gasteiger partial charge in [-0.25, -0.2) is 4.79 Å². The van der Waals surface area contributed by atoms with E-state index in [4.69, 9.17) is 14.6 Å². The van der Waals surface area contributed by atoms with Crippen molar-refractivity contribution >= 4 is 5.97 Å². The summed E-state index contributed by atoms with van der Waals surface area (Å²) in [6.07, 6.45) is 0.494. The number of rotatable bonds is 4. The molecule has 4 nitrogen and oxygen atoms in total. The molecule has 2 rings (SSSR count). The van der Waals surface area contributed by atoms with Crippen molar-refractivity contribution in [3.05, 3.63) is 29.8 Å². The molecule has 2 atom stereocenters. The minimum absolute atomic E-state index is 0.126. The zero-order chi connectivity index (χ0) is 14.8. The number of carboxylic acid groups (broad SMARTS) is 1. The van der Waals surface area contributed by atoms with Crippen molar-refractivity contribution in [2.75, 3.05) is 6.61 Å². The number of hydrogen-bond donors (Lipinski definition) is 1. The predicted octanol–water partition coefficient (Wildman–Crippen LogP) is 3.00. The summed E-state index contributed by atoms with van der Waals surface area (Å²) in [6, 6.07) is 8.02. The fourth-order valence-electron chi connectivity index (χ4n) is 2.25. The first-order valence-electron chi connectivity index (χ1n) is 6.98. The van der Waals surface area contributed by atoms with E-state index in [1.54, 1.807) is 0 Å². The lowest BCUT2D eigenvalue weighted by atomic mass is 9.87. The molecule has 20 heavy (non-hydrogen) atoms. The summed E-state index contributed by atoms with van der Waals surface area (Å²) < 4.78 is 11.1. The summed E-state index contributed by atoms with van der Waals surface area (Å²) in [6.45, 7) is 6.91. The summed E-state index contributed by atoms with van der Waals surface area (Å²) in [5.74, 6) is -0.0950. The van der Waals surface area contributed by atoms with Gasteiger partial charge in [0.15, 0.2) is 6.10 Å². The number of carbonyl (C=O) groups is 1. The molecule has 4 heteroatoms. The van der Waals surface area contributed by atoms with Gasteiger partial charge >= 0.3 is 5.97 Å². The number of carboxylic acids is 1. The van der Waals surface area contributed by atoms with Crippen LogP contribution < -0.4 is 4.74 Å². The Balaban J connectivity index is 1.85. The smallest absolute Gasteiger partial charge is 0.332 e. The molecule has 1 aromatic rings. The summed E-state index contributed by atoms with van der Waals surface area (Å²) in [4.78, 5) is 10.8. The van der Waals surface area contributed by atoms with E-state index in [0.29, 0.717) is 13.0 Å². The molecule has 0 aliphatic carbocycles. The Morgan fingerprint density at radius 1 is 1.30 bits per heavy atom. The molecule has 0 aromatic heterocycles. The van der Waals surface area contributed by atoms with E-state index in [0.717, 1.165) is 12.2 Å². The van der Waals surface area contributed by atoms with E-state index in [9.17, 15) is 4.79 Å². The first-order chi connectivity index (χ1) is 9.36. The first-order valence-corrected chi connectivity index (χ1v) is 6.98. The van der Waals surface area contributed by atoms with E-state index >= 15 is 0 Å². The highest BCUT2D eigenvalue weighted by atomic mass is 16.6. The quantitative estimate of drug-likeness (QED) is 0.920. The molecule has 1 aliphatic rings. The molecule has 2 unspecified atom stereocenters. The second-order valence-electron chi connectivity index (χ2n) is 6.25. The maximum atomic E-state index is 10.8. The molecule has 1 aliphatic heterocycles. The Hall–Kier alpha value is -1.55. The zero-order valence-corrected chi connectivity index (χ0v) is 12.3.